The summed E-state index contributed by atoms with van der Waals surface area (Å²) in [5.74, 6) is 1.22. The lowest BCUT2D eigenvalue weighted by atomic mass is 10.2. The summed E-state index contributed by atoms with van der Waals surface area (Å²) in [5, 5.41) is 9.28. The fourth-order valence-corrected chi connectivity index (χ4v) is 3.43. The fourth-order valence-electron chi connectivity index (χ4n) is 3.43. The first-order chi connectivity index (χ1) is 17.0. The Kier molecular flexibility index (Phi) is 5.96. The van der Waals surface area contributed by atoms with Crippen LogP contribution in [0.5, 0.6) is 11.5 Å². The lowest BCUT2D eigenvalue weighted by Gasteiger charge is -2.14. The zero-order valence-corrected chi connectivity index (χ0v) is 19.2. The summed E-state index contributed by atoms with van der Waals surface area (Å²) in [5.41, 5.74) is 3.28. The van der Waals surface area contributed by atoms with Gasteiger partial charge in [0.25, 0.3) is 5.91 Å². The number of oxazole rings is 1. The van der Waals surface area contributed by atoms with Crippen molar-refractivity contribution in [3.8, 4) is 11.5 Å². The van der Waals surface area contributed by atoms with Crippen molar-refractivity contribution in [2.75, 3.05) is 24.4 Å². The van der Waals surface area contributed by atoms with E-state index in [9.17, 15) is 9.59 Å². The molecule has 35 heavy (non-hydrogen) atoms. The Balaban J connectivity index is 1.31. The van der Waals surface area contributed by atoms with Crippen LogP contribution in [0.4, 0.5) is 23.1 Å². The number of nitrogens with zero attached hydrogens (tertiary/aromatic N) is 2. The molecule has 11 heteroatoms. The molecule has 2 heterocycles. The summed E-state index contributed by atoms with van der Waals surface area (Å²) in [4.78, 5) is 35.0. The molecule has 0 atom stereocenters. The average Bonchev–Trinajstić information content (AvgIpc) is 3.57. The van der Waals surface area contributed by atoms with Gasteiger partial charge in [0, 0.05) is 35.2 Å². The number of aromatic amines is 1. The minimum absolute atomic E-state index is 0.0995. The maximum Gasteiger partial charge on any atom is 0.417 e. The number of hydrogen-bond donors (Lipinski definition) is 4. The van der Waals surface area contributed by atoms with Crippen LogP contribution in [0, 0.1) is 6.92 Å². The van der Waals surface area contributed by atoms with Crippen LogP contribution in [-0.4, -0.2) is 40.6 Å². The Hall–Kier alpha value is -4.54. The number of amides is 1. The van der Waals surface area contributed by atoms with Gasteiger partial charge in [-0.15, -0.1) is 0 Å². The van der Waals surface area contributed by atoms with Gasteiger partial charge < -0.3 is 29.8 Å². The molecule has 1 aliphatic rings. The largest absolute Gasteiger partial charge is 0.493 e. The molecule has 0 bridgehead atoms. The van der Waals surface area contributed by atoms with Crippen molar-refractivity contribution in [1.82, 2.24) is 20.3 Å². The van der Waals surface area contributed by atoms with Gasteiger partial charge in [-0.05, 0) is 50.1 Å². The predicted octanol–water partition coefficient (Wildman–Crippen LogP) is 3.37. The van der Waals surface area contributed by atoms with E-state index in [4.69, 9.17) is 13.9 Å². The van der Waals surface area contributed by atoms with Gasteiger partial charge >= 0.3 is 5.76 Å². The molecular weight excluding hydrogens is 452 g/mol. The maximum absolute atomic E-state index is 12.0. The van der Waals surface area contributed by atoms with Crippen molar-refractivity contribution in [2.24, 2.45) is 0 Å². The van der Waals surface area contributed by atoms with Crippen LogP contribution in [0.15, 0.2) is 51.8 Å². The molecule has 1 saturated carbocycles. The Morgan fingerprint density at radius 2 is 1.94 bits per heavy atom. The standard InChI is InChI=1S/C24H24N6O5/c1-13-11-25-23(30-22(13)27-15-5-7-18-17(9-15)29-24(32)35-18)28-16-6-8-19(33-2)20(10-16)34-12-21(31)26-14-3-4-14/h5-11,14H,3-4,12H2,1-2H3,(H,26,31)(H,29,32)(H2,25,27,28,30). The Morgan fingerprint density at radius 1 is 1.14 bits per heavy atom. The topological polar surface area (TPSA) is 143 Å². The number of aryl methyl sites for hydroxylation is 1. The maximum atomic E-state index is 12.0. The van der Waals surface area contributed by atoms with Crippen LogP contribution in [0.2, 0.25) is 0 Å². The highest BCUT2D eigenvalue weighted by Crippen LogP contribution is 2.31. The Morgan fingerprint density at radius 3 is 2.74 bits per heavy atom. The second kappa shape index (κ2) is 9.37. The first-order valence-electron chi connectivity index (χ1n) is 11.1. The van der Waals surface area contributed by atoms with Crippen LogP contribution >= 0.6 is 0 Å². The third-order valence-electron chi connectivity index (χ3n) is 5.37. The van der Waals surface area contributed by atoms with Crippen LogP contribution in [0.25, 0.3) is 11.1 Å². The van der Waals surface area contributed by atoms with Gasteiger partial charge in [-0.2, -0.15) is 4.98 Å². The van der Waals surface area contributed by atoms with E-state index < -0.39 is 5.76 Å². The van der Waals surface area contributed by atoms with E-state index in [1.54, 1.807) is 42.6 Å². The minimum Gasteiger partial charge on any atom is -0.493 e. The van der Waals surface area contributed by atoms with Crippen molar-refractivity contribution >= 4 is 40.1 Å². The highest BCUT2D eigenvalue weighted by Gasteiger charge is 2.23. The number of ether oxygens (including phenoxy) is 2. The van der Waals surface area contributed by atoms with Crippen LogP contribution in [0.3, 0.4) is 0 Å². The van der Waals surface area contributed by atoms with Crippen LogP contribution < -0.4 is 31.2 Å². The van der Waals surface area contributed by atoms with Crippen molar-refractivity contribution in [3.63, 3.8) is 0 Å². The first kappa shape index (κ1) is 22.3. The number of benzene rings is 2. The van der Waals surface area contributed by atoms with Gasteiger partial charge in [-0.25, -0.2) is 9.78 Å². The summed E-state index contributed by atoms with van der Waals surface area (Å²) in [6, 6.07) is 10.8. The summed E-state index contributed by atoms with van der Waals surface area (Å²) in [6.07, 6.45) is 3.72. The molecule has 0 radical (unpaired) electrons. The third kappa shape index (κ3) is 5.35. The predicted molar refractivity (Wildman–Crippen MR) is 130 cm³/mol. The Labute approximate surface area is 199 Å². The van der Waals surface area contributed by atoms with E-state index in [1.807, 2.05) is 6.92 Å². The highest BCUT2D eigenvalue weighted by molar-refractivity contribution is 5.79. The lowest BCUT2D eigenvalue weighted by molar-refractivity contribution is -0.123. The van der Waals surface area contributed by atoms with E-state index >= 15 is 0 Å². The molecule has 1 fully saturated rings. The van der Waals surface area contributed by atoms with E-state index in [1.165, 1.54) is 7.11 Å². The molecule has 2 aromatic carbocycles. The quantitative estimate of drug-likeness (QED) is 0.286. The van der Waals surface area contributed by atoms with Crippen LogP contribution in [0.1, 0.15) is 18.4 Å². The smallest absolute Gasteiger partial charge is 0.417 e. The second-order valence-electron chi connectivity index (χ2n) is 8.20. The zero-order chi connectivity index (χ0) is 24.4. The van der Waals surface area contributed by atoms with Gasteiger partial charge in [-0.3, -0.25) is 9.78 Å². The molecule has 2 aromatic heterocycles. The first-order valence-corrected chi connectivity index (χ1v) is 11.1. The van der Waals surface area contributed by atoms with Gasteiger partial charge in [0.15, 0.2) is 23.7 Å². The van der Waals surface area contributed by atoms with Gasteiger partial charge in [0.1, 0.15) is 5.82 Å². The number of anilines is 4. The monoisotopic (exact) mass is 476 g/mol. The molecule has 4 N–H and O–H groups in total. The van der Waals surface area contributed by atoms with Crippen molar-refractivity contribution in [2.45, 2.75) is 25.8 Å². The molecule has 180 valence electrons. The highest BCUT2D eigenvalue weighted by atomic mass is 16.5. The number of carbonyl (C=O) groups excluding carboxylic acids is 1. The number of nitrogens with one attached hydrogen (secondary N) is 4. The molecule has 0 unspecified atom stereocenters. The van der Waals surface area contributed by atoms with Crippen LogP contribution in [-0.2, 0) is 4.79 Å². The summed E-state index contributed by atoms with van der Waals surface area (Å²) in [7, 11) is 1.54. The van der Waals surface area contributed by atoms with Crippen molar-refractivity contribution < 1.29 is 18.7 Å². The molecule has 5 rings (SSSR count). The van der Waals surface area contributed by atoms with E-state index in [2.05, 4.69) is 30.9 Å². The minimum atomic E-state index is -0.506. The van der Waals surface area contributed by atoms with E-state index in [0.717, 1.165) is 24.1 Å². The molecular formula is C24H24N6O5. The van der Waals surface area contributed by atoms with E-state index in [0.29, 0.717) is 40.1 Å². The molecule has 11 nitrogen and oxygen atoms in total. The zero-order valence-electron chi connectivity index (χ0n) is 19.2. The summed E-state index contributed by atoms with van der Waals surface area (Å²) < 4.78 is 16.1. The van der Waals surface area contributed by atoms with E-state index in [-0.39, 0.29) is 18.6 Å². The van der Waals surface area contributed by atoms with Gasteiger partial charge in [-0.1, -0.05) is 0 Å². The van der Waals surface area contributed by atoms with Crippen molar-refractivity contribution in [3.05, 3.63) is 58.7 Å². The number of rotatable bonds is 9. The van der Waals surface area contributed by atoms with Crippen molar-refractivity contribution in [1.29, 1.82) is 0 Å². The van der Waals surface area contributed by atoms with Gasteiger partial charge in [0.05, 0.1) is 12.6 Å². The third-order valence-corrected chi connectivity index (χ3v) is 5.37. The molecule has 4 aromatic rings. The fraction of sp³-hybridized carbons (Fsp3) is 0.250. The number of fused-ring (bicyclic) bond motifs is 1. The number of carbonyl (C=O) groups is 1. The molecule has 1 amide bonds. The second-order valence-corrected chi connectivity index (χ2v) is 8.20. The number of hydrogen-bond acceptors (Lipinski definition) is 9. The Bertz CT molecular complexity index is 1440. The number of H-pyrrole nitrogens is 1. The molecule has 0 aliphatic heterocycles. The average molecular weight is 476 g/mol. The lowest BCUT2D eigenvalue weighted by Crippen LogP contribution is -2.30. The summed E-state index contributed by atoms with van der Waals surface area (Å²) >= 11 is 0. The number of methoxy groups -OCH3 is 1. The molecule has 0 spiro atoms. The SMILES string of the molecule is COc1ccc(Nc2ncc(C)c(Nc3ccc4oc(=O)[nH]c4c3)n2)cc1OCC(=O)NC1CC1. The number of aromatic nitrogens is 3. The normalized spacial score (nSPS) is 12.9. The van der Waals surface area contributed by atoms with Gasteiger partial charge in [0.2, 0.25) is 5.95 Å². The molecule has 1 aliphatic carbocycles. The summed E-state index contributed by atoms with van der Waals surface area (Å²) in [6.45, 7) is 1.79. The molecule has 0 saturated heterocycles.